The van der Waals surface area contributed by atoms with Crippen LogP contribution in [0, 0.1) is 0 Å². The fourth-order valence-corrected chi connectivity index (χ4v) is 8.67. The lowest BCUT2D eigenvalue weighted by Crippen LogP contribution is -2.28. The highest BCUT2D eigenvalue weighted by atomic mass is 16.6. The first-order valence-corrected chi connectivity index (χ1v) is 43.0. The van der Waals surface area contributed by atoms with Crippen molar-refractivity contribution in [2.45, 2.75) is 39.2 Å². The van der Waals surface area contributed by atoms with Gasteiger partial charge in [-0.25, -0.2) is 0 Å². The molecule has 0 heterocycles. The van der Waals surface area contributed by atoms with Crippen LogP contribution in [-0.2, 0) is 185 Å². The van der Waals surface area contributed by atoms with Gasteiger partial charge in [0.05, 0.1) is 476 Å². The zero-order valence-electron chi connectivity index (χ0n) is 74.2. The molecule has 724 valence electrons. The van der Waals surface area contributed by atoms with E-state index in [0.717, 1.165) is 0 Å². The van der Waals surface area contributed by atoms with E-state index in [4.69, 9.17) is 175 Å². The molecule has 0 atom stereocenters. The summed E-state index contributed by atoms with van der Waals surface area (Å²) in [7, 11) is 1.64. The molecule has 0 aromatic carbocycles. The van der Waals surface area contributed by atoms with E-state index in [1.807, 2.05) is 20.8 Å². The van der Waals surface area contributed by atoms with E-state index >= 15 is 0 Å². The highest BCUT2D eigenvalue weighted by Crippen LogP contribution is 2.08. The van der Waals surface area contributed by atoms with E-state index in [1.165, 1.54) is 0 Å². The molecule has 0 aromatic rings. The van der Waals surface area contributed by atoms with E-state index in [-0.39, 0.29) is 24.7 Å². The summed E-state index contributed by atoms with van der Waals surface area (Å²) in [5.41, 5.74) is -0.488. The van der Waals surface area contributed by atoms with Crippen molar-refractivity contribution in [1.82, 2.24) is 5.32 Å². The summed E-state index contributed by atoms with van der Waals surface area (Å²) in [6.07, 6.45) is 0.472. The Hall–Kier alpha value is -2.50. The van der Waals surface area contributed by atoms with Crippen molar-refractivity contribution in [3.05, 3.63) is 0 Å². The molecule has 0 bridgehead atoms. The van der Waals surface area contributed by atoms with Crippen LogP contribution in [0.25, 0.3) is 0 Å². The van der Waals surface area contributed by atoms with Crippen LogP contribution >= 0.6 is 0 Å². The number of methoxy groups -OCH3 is 1. The number of esters is 1. The van der Waals surface area contributed by atoms with Gasteiger partial charge >= 0.3 is 5.97 Å². The van der Waals surface area contributed by atoms with Gasteiger partial charge in [-0.15, -0.1) is 0 Å². The Balaban J connectivity index is 3.14. The molecule has 0 saturated carbocycles. The van der Waals surface area contributed by atoms with E-state index in [1.54, 1.807) is 7.11 Å². The number of nitrogens with one attached hydrogen (secondary N) is 1. The van der Waals surface area contributed by atoms with Crippen LogP contribution in [0.4, 0.5) is 0 Å². The number of hydrogen-bond donors (Lipinski definition) is 1. The summed E-state index contributed by atoms with van der Waals surface area (Å²) in [4.78, 5) is 23.7. The smallest absolute Gasteiger partial charge is 0.308 e. The van der Waals surface area contributed by atoms with Gasteiger partial charge in [-0.1, -0.05) is 0 Å². The maximum absolute atomic E-state index is 12.1. The van der Waals surface area contributed by atoms with Crippen molar-refractivity contribution in [3.63, 3.8) is 0 Å². The predicted octanol–water partition coefficient (Wildman–Crippen LogP) is 1.45. The highest BCUT2D eigenvalue weighted by molar-refractivity contribution is 5.75. The number of amides is 1. The van der Waals surface area contributed by atoms with Gasteiger partial charge in [-0.05, 0) is 20.8 Å². The van der Waals surface area contributed by atoms with Crippen LogP contribution in [0.5, 0.6) is 0 Å². The molecule has 0 unspecified atom stereocenters. The van der Waals surface area contributed by atoms with E-state index in [2.05, 4.69) is 5.32 Å². The van der Waals surface area contributed by atoms with Crippen molar-refractivity contribution in [3.8, 4) is 0 Å². The van der Waals surface area contributed by atoms with Crippen LogP contribution in [0.15, 0.2) is 0 Å². The Morgan fingerprint density at radius 1 is 0.165 bits per heavy atom. The first-order valence-electron chi connectivity index (χ1n) is 43.0. The lowest BCUT2D eigenvalue weighted by atomic mass is 10.2. The molecule has 121 heavy (non-hydrogen) atoms. The topological polar surface area (TPSA) is 388 Å². The Morgan fingerprint density at radius 3 is 0.413 bits per heavy atom. The molecule has 40 heteroatoms. The number of hydrogen-bond acceptors (Lipinski definition) is 39. The molecule has 1 N–H and O–H groups in total. The Labute approximate surface area is 721 Å². The zero-order chi connectivity index (χ0) is 86.9. The molecule has 0 fully saturated rings. The van der Waals surface area contributed by atoms with Crippen LogP contribution in [0.3, 0.4) is 0 Å². The average molecular weight is 1770 g/mol. The zero-order valence-corrected chi connectivity index (χ0v) is 74.2. The third-order valence-electron chi connectivity index (χ3n) is 14.6. The molecule has 0 aliphatic rings. The van der Waals surface area contributed by atoms with Gasteiger partial charge in [-0.2, -0.15) is 0 Å². The summed E-state index contributed by atoms with van der Waals surface area (Å²) in [6.45, 7) is 38.9. The average Bonchev–Trinajstić information content (AvgIpc) is 0.950. The molecule has 0 spiro atoms. The fraction of sp³-hybridized carbons (Fsp3) is 0.975. The van der Waals surface area contributed by atoms with Crippen molar-refractivity contribution in [1.29, 1.82) is 0 Å². The minimum absolute atomic E-state index is 0.108. The van der Waals surface area contributed by atoms with Crippen molar-refractivity contribution < 1.29 is 185 Å². The Bertz CT molecular complexity index is 1930. The van der Waals surface area contributed by atoms with Gasteiger partial charge < -0.3 is 181 Å². The molecule has 40 nitrogen and oxygen atoms in total. The van der Waals surface area contributed by atoms with Gasteiger partial charge in [0, 0.05) is 20.1 Å². The monoisotopic (exact) mass is 1770 g/mol. The summed E-state index contributed by atoms with van der Waals surface area (Å²) in [5.74, 6) is -0.381. The molecule has 1 amide bonds. The third-order valence-corrected chi connectivity index (χ3v) is 14.6. The maximum Gasteiger partial charge on any atom is 0.308 e. The van der Waals surface area contributed by atoms with Gasteiger partial charge in [-0.3, -0.25) is 9.59 Å². The summed E-state index contributed by atoms with van der Waals surface area (Å²) < 4.78 is 203. The number of ether oxygens (including phenoxy) is 37. The molecule has 0 saturated heterocycles. The lowest BCUT2D eigenvalue weighted by molar-refractivity contribution is -0.156. The first kappa shape index (κ1) is 118. The summed E-state index contributed by atoms with van der Waals surface area (Å²) in [5, 5.41) is 2.81. The number of carbonyl (C=O) groups excluding carboxylic acids is 2. The fourth-order valence-electron chi connectivity index (χ4n) is 8.67. The minimum atomic E-state index is -0.488. The maximum atomic E-state index is 12.1. The first-order chi connectivity index (χ1) is 59.8. The Morgan fingerprint density at radius 2 is 0.281 bits per heavy atom. The molecule has 0 aliphatic heterocycles. The molecular formula is C81H161NO39. The second-order valence-electron chi connectivity index (χ2n) is 25.9. The molecule has 0 rings (SSSR count). The largest absolute Gasteiger partial charge is 0.460 e. The van der Waals surface area contributed by atoms with Crippen LogP contribution in [0.2, 0.25) is 0 Å². The highest BCUT2D eigenvalue weighted by Gasteiger charge is 2.16. The van der Waals surface area contributed by atoms with Crippen molar-refractivity contribution in [2.24, 2.45) is 0 Å². The number of rotatable bonds is 111. The van der Waals surface area contributed by atoms with E-state index in [9.17, 15) is 9.59 Å². The van der Waals surface area contributed by atoms with Crippen LogP contribution in [0.1, 0.15) is 33.6 Å². The lowest BCUT2D eigenvalue weighted by Gasteiger charge is -2.19. The van der Waals surface area contributed by atoms with Gasteiger partial charge in [0.15, 0.2) is 0 Å². The molecule has 0 aromatic heterocycles. The second kappa shape index (κ2) is 108. The quantitative estimate of drug-likeness (QED) is 0.0665. The third kappa shape index (κ3) is 114. The molecule has 0 aliphatic carbocycles. The number of carbonyl (C=O) groups is 2. The van der Waals surface area contributed by atoms with Crippen LogP contribution < -0.4 is 5.32 Å². The van der Waals surface area contributed by atoms with E-state index in [0.29, 0.717) is 476 Å². The standard InChI is InChI=1S/C81H161NO39/c1-81(2,3)121-80(84)6-9-87-14-17-91-22-25-95-30-33-99-38-41-103-46-49-107-53-55-109-57-59-111-61-63-113-65-67-115-69-71-117-73-75-119-77-78-120-76-74-118-72-70-116-68-66-114-64-62-112-60-58-110-56-54-108-50-47-104-42-39-100-34-31-96-26-23-92-18-15-88-10-7-82-79(83)5-8-86-13-16-90-21-24-94-29-32-98-37-40-102-45-48-106-52-51-105-44-43-101-36-35-97-28-27-93-20-19-89-12-11-85-4/h5-78H2,1-4H3,(H,82,83). The summed E-state index contributed by atoms with van der Waals surface area (Å²) >= 11 is 0. The van der Waals surface area contributed by atoms with Gasteiger partial charge in [0.1, 0.15) is 5.60 Å². The normalized spacial score (nSPS) is 11.9. The SMILES string of the molecule is COCCOCCOCCOCCOCCOCCOCCOCCOCCOCCOCCOCCC(=O)NCCOCCOCCOCCOCCOCCOCCOCCOCCOCCOCCOCCOCCOCCOCCOCCOCCOCCOCCOCCOCCOCCOCCOCCOCCC(=O)OC(C)(C)C. The summed E-state index contributed by atoms with van der Waals surface area (Å²) in [6, 6.07) is 0. The van der Waals surface area contributed by atoms with Crippen molar-refractivity contribution >= 4 is 11.9 Å². The second-order valence-corrected chi connectivity index (χ2v) is 25.9. The van der Waals surface area contributed by atoms with Gasteiger partial charge in [0.2, 0.25) is 5.91 Å². The predicted molar refractivity (Wildman–Crippen MR) is 439 cm³/mol. The molecule has 0 radical (unpaired) electrons. The molecular weight excluding hydrogens is 1610 g/mol. The van der Waals surface area contributed by atoms with E-state index < -0.39 is 5.60 Å². The Kier molecular flexibility index (Phi) is 106. The van der Waals surface area contributed by atoms with Crippen molar-refractivity contribution in [2.75, 3.05) is 483 Å². The minimum Gasteiger partial charge on any atom is -0.460 e. The van der Waals surface area contributed by atoms with Gasteiger partial charge in [0.25, 0.3) is 0 Å². The van der Waals surface area contributed by atoms with Crippen LogP contribution in [-0.4, -0.2) is 500 Å².